The molecule has 2 saturated heterocycles. The summed E-state index contributed by atoms with van der Waals surface area (Å²) >= 11 is 0. The number of carbonyl (C=O) groups is 1. The molecule has 2 fully saturated rings. The first-order valence-electron chi connectivity index (χ1n) is 9.05. The molecule has 0 aromatic carbocycles. The minimum absolute atomic E-state index is 0.137. The van der Waals surface area contributed by atoms with Crippen LogP contribution in [-0.2, 0) is 9.53 Å². The van der Waals surface area contributed by atoms with Gasteiger partial charge in [-0.1, -0.05) is 0 Å². The first kappa shape index (κ1) is 16.0. The van der Waals surface area contributed by atoms with E-state index in [2.05, 4.69) is 16.3 Å². The molecule has 0 saturated carbocycles. The number of nitriles is 1. The van der Waals surface area contributed by atoms with Crippen LogP contribution in [0.15, 0.2) is 36.9 Å². The van der Waals surface area contributed by atoms with Crippen molar-refractivity contribution >= 4 is 17.1 Å². The zero-order chi connectivity index (χ0) is 18.4. The molecule has 0 bridgehead atoms. The Morgan fingerprint density at radius 2 is 2.15 bits per heavy atom. The molecular formula is C19H18N6O2. The van der Waals surface area contributed by atoms with Crippen LogP contribution in [0.5, 0.6) is 0 Å². The number of carbonyl (C=O) groups excluding carboxylic acids is 1. The Kier molecular flexibility index (Phi) is 3.69. The van der Waals surface area contributed by atoms with Gasteiger partial charge in [0.25, 0.3) is 0 Å². The van der Waals surface area contributed by atoms with Crippen molar-refractivity contribution < 1.29 is 9.53 Å². The van der Waals surface area contributed by atoms with Crippen molar-refractivity contribution in [3.05, 3.63) is 36.9 Å². The molecule has 8 nitrogen and oxygen atoms in total. The molecule has 0 aliphatic carbocycles. The van der Waals surface area contributed by atoms with Crippen LogP contribution in [0.2, 0.25) is 0 Å². The molecule has 3 aromatic rings. The number of hydrogen-bond acceptors (Lipinski definition) is 5. The summed E-state index contributed by atoms with van der Waals surface area (Å²) in [7, 11) is 0. The van der Waals surface area contributed by atoms with E-state index >= 15 is 0 Å². The molecule has 2 aliphatic heterocycles. The van der Waals surface area contributed by atoms with Crippen molar-refractivity contribution in [3.63, 3.8) is 0 Å². The molecule has 1 amide bonds. The van der Waals surface area contributed by atoms with Gasteiger partial charge in [-0.2, -0.15) is 15.5 Å². The minimum atomic E-state index is -0.556. The lowest BCUT2D eigenvalue weighted by atomic mass is 10.1. The lowest BCUT2D eigenvalue weighted by Gasteiger charge is -2.16. The van der Waals surface area contributed by atoms with E-state index in [-0.39, 0.29) is 11.9 Å². The normalized spacial score (nSPS) is 22.6. The average Bonchev–Trinajstić information content (AvgIpc) is 3.44. The number of aromatic nitrogens is 4. The summed E-state index contributed by atoms with van der Waals surface area (Å²) in [4.78, 5) is 14.1. The number of rotatable bonds is 3. The molecule has 5 rings (SSSR count). The van der Waals surface area contributed by atoms with Gasteiger partial charge in [-0.3, -0.25) is 9.48 Å². The predicted octanol–water partition coefficient (Wildman–Crippen LogP) is 2.04. The van der Waals surface area contributed by atoms with E-state index in [9.17, 15) is 4.79 Å². The highest BCUT2D eigenvalue weighted by Crippen LogP contribution is 2.32. The van der Waals surface area contributed by atoms with E-state index in [0.29, 0.717) is 19.6 Å². The van der Waals surface area contributed by atoms with Crippen LogP contribution in [0.3, 0.4) is 0 Å². The third kappa shape index (κ3) is 2.59. The van der Waals surface area contributed by atoms with Crippen molar-refractivity contribution in [1.29, 1.82) is 5.26 Å². The maximum atomic E-state index is 12.5. The van der Waals surface area contributed by atoms with Crippen molar-refractivity contribution in [3.8, 4) is 17.2 Å². The minimum Gasteiger partial charge on any atom is -0.379 e. The maximum Gasteiger partial charge on any atom is 0.244 e. The highest BCUT2D eigenvalue weighted by atomic mass is 16.5. The summed E-state index contributed by atoms with van der Waals surface area (Å²) < 4.78 is 9.17. The van der Waals surface area contributed by atoms with Gasteiger partial charge >= 0.3 is 0 Å². The highest BCUT2D eigenvalue weighted by Gasteiger charge is 2.33. The lowest BCUT2D eigenvalue weighted by molar-refractivity contribution is -0.118. The van der Waals surface area contributed by atoms with E-state index in [1.54, 1.807) is 15.6 Å². The largest absolute Gasteiger partial charge is 0.379 e. The molecule has 27 heavy (non-hydrogen) atoms. The Bertz CT molecular complexity index is 1060. The summed E-state index contributed by atoms with van der Waals surface area (Å²) in [5.74, 6) is -0.693. The fraction of sp³-hybridized carbons (Fsp3) is 0.368. The quantitative estimate of drug-likeness (QED) is 0.711. The molecule has 0 radical (unpaired) electrons. The summed E-state index contributed by atoms with van der Waals surface area (Å²) in [6.07, 6.45) is 9.03. The van der Waals surface area contributed by atoms with E-state index in [4.69, 9.17) is 10.00 Å². The van der Waals surface area contributed by atoms with Crippen LogP contribution < -0.4 is 4.90 Å². The zero-order valence-electron chi connectivity index (χ0n) is 14.7. The molecule has 2 aliphatic rings. The maximum absolute atomic E-state index is 12.5. The van der Waals surface area contributed by atoms with Crippen LogP contribution in [-0.4, -0.2) is 45.1 Å². The van der Waals surface area contributed by atoms with Crippen LogP contribution in [0.1, 0.15) is 18.9 Å². The smallest absolute Gasteiger partial charge is 0.244 e. The topological polar surface area (TPSA) is 88.4 Å². The predicted molar refractivity (Wildman–Crippen MR) is 97.0 cm³/mol. The van der Waals surface area contributed by atoms with Crippen molar-refractivity contribution in [2.45, 2.75) is 18.9 Å². The third-order valence-electron chi connectivity index (χ3n) is 5.35. The van der Waals surface area contributed by atoms with E-state index in [0.717, 1.165) is 35.4 Å². The van der Waals surface area contributed by atoms with Gasteiger partial charge in [0.2, 0.25) is 5.91 Å². The molecule has 8 heteroatoms. The summed E-state index contributed by atoms with van der Waals surface area (Å²) in [6.45, 7) is 2.02. The van der Waals surface area contributed by atoms with Gasteiger partial charge in [0.05, 0.1) is 36.1 Å². The first-order chi connectivity index (χ1) is 13.2. The Balaban J connectivity index is 1.51. The van der Waals surface area contributed by atoms with Gasteiger partial charge in [0.15, 0.2) is 0 Å². The Hall–Kier alpha value is -3.18. The monoisotopic (exact) mass is 362 g/mol. The molecular weight excluding hydrogens is 344 g/mol. The molecule has 0 N–H and O–H groups in total. The number of nitrogens with zero attached hydrogens (tertiary/aromatic N) is 6. The van der Waals surface area contributed by atoms with Crippen molar-refractivity contribution in [1.82, 2.24) is 19.4 Å². The molecule has 5 heterocycles. The van der Waals surface area contributed by atoms with Crippen LogP contribution in [0.4, 0.5) is 5.69 Å². The number of amides is 1. The van der Waals surface area contributed by atoms with E-state index < -0.39 is 5.92 Å². The number of fused-ring (bicyclic) bond motifs is 1. The second-order valence-electron chi connectivity index (χ2n) is 6.96. The third-order valence-corrected chi connectivity index (χ3v) is 5.35. The highest BCUT2D eigenvalue weighted by molar-refractivity contribution is 6.02. The number of ether oxygens (including phenoxy) is 1. The fourth-order valence-corrected chi connectivity index (χ4v) is 3.84. The number of anilines is 1. The molecule has 3 aromatic heterocycles. The Morgan fingerprint density at radius 1 is 1.22 bits per heavy atom. The zero-order valence-corrected chi connectivity index (χ0v) is 14.7. The Labute approximate surface area is 155 Å². The van der Waals surface area contributed by atoms with Gasteiger partial charge < -0.3 is 9.64 Å². The van der Waals surface area contributed by atoms with E-state index in [1.807, 2.05) is 35.4 Å². The summed E-state index contributed by atoms with van der Waals surface area (Å²) in [6, 6.07) is 6.22. The van der Waals surface area contributed by atoms with Gasteiger partial charge in [0.1, 0.15) is 5.92 Å². The van der Waals surface area contributed by atoms with Gasteiger partial charge in [-0.05, 0) is 25.0 Å². The molecule has 0 spiro atoms. The van der Waals surface area contributed by atoms with Gasteiger partial charge in [0, 0.05) is 42.9 Å². The van der Waals surface area contributed by atoms with Crippen molar-refractivity contribution in [2.24, 2.45) is 5.92 Å². The van der Waals surface area contributed by atoms with Gasteiger partial charge in [-0.25, -0.2) is 4.52 Å². The Morgan fingerprint density at radius 3 is 2.93 bits per heavy atom. The molecule has 2 atom stereocenters. The van der Waals surface area contributed by atoms with E-state index in [1.165, 1.54) is 0 Å². The first-order valence-corrected chi connectivity index (χ1v) is 9.05. The van der Waals surface area contributed by atoms with Crippen LogP contribution in [0, 0.1) is 17.2 Å². The van der Waals surface area contributed by atoms with Crippen LogP contribution in [0.25, 0.3) is 16.6 Å². The van der Waals surface area contributed by atoms with Crippen molar-refractivity contribution in [2.75, 3.05) is 24.7 Å². The van der Waals surface area contributed by atoms with Crippen LogP contribution >= 0.6 is 0 Å². The lowest BCUT2D eigenvalue weighted by Crippen LogP contribution is -2.27. The fourth-order valence-electron chi connectivity index (χ4n) is 3.84. The second-order valence-corrected chi connectivity index (χ2v) is 6.96. The summed E-state index contributed by atoms with van der Waals surface area (Å²) in [5.41, 5.74) is 3.62. The molecule has 136 valence electrons. The SMILES string of the molecule is N#CC1CCN(c2ccnn3cc(-c4cnn(C5CCOC5)c4)cc23)C1=O. The number of hydrogen-bond donors (Lipinski definition) is 0. The molecule has 2 unspecified atom stereocenters. The standard InChI is InChI=1S/C19H18N6O2/c20-8-13-2-5-23(19(13)26)17-1-4-21-25-10-14(7-18(17)25)15-9-22-24(11-15)16-3-6-27-12-16/h1,4,7,9-11,13,16H,2-3,5-6,12H2. The average molecular weight is 362 g/mol. The summed E-state index contributed by atoms with van der Waals surface area (Å²) in [5, 5.41) is 18.0. The second kappa shape index (κ2) is 6.21. The van der Waals surface area contributed by atoms with Gasteiger partial charge in [-0.15, -0.1) is 0 Å².